The van der Waals surface area contributed by atoms with Gasteiger partial charge < -0.3 is 10.1 Å². The van der Waals surface area contributed by atoms with E-state index in [1.165, 1.54) is 7.11 Å². The van der Waals surface area contributed by atoms with Crippen molar-refractivity contribution in [2.24, 2.45) is 0 Å². The molecular weight excluding hydrogens is 264 g/mol. The van der Waals surface area contributed by atoms with Crippen molar-refractivity contribution in [2.45, 2.75) is 13.8 Å². The van der Waals surface area contributed by atoms with Gasteiger partial charge in [-0.05, 0) is 38.1 Å². The SMILES string of the molecule is COc1cccc(C#N)c1NC(=O)c1cc(C)cc(C)c1. The Balaban J connectivity index is 2.38. The number of carbonyl (C=O) groups is 1. The quantitative estimate of drug-likeness (QED) is 0.936. The zero-order chi connectivity index (χ0) is 15.4. The summed E-state index contributed by atoms with van der Waals surface area (Å²) in [7, 11) is 1.50. The lowest BCUT2D eigenvalue weighted by molar-refractivity contribution is 0.102. The molecule has 0 fully saturated rings. The van der Waals surface area contributed by atoms with Crippen LogP contribution in [0.15, 0.2) is 36.4 Å². The highest BCUT2D eigenvalue weighted by Crippen LogP contribution is 2.28. The lowest BCUT2D eigenvalue weighted by atomic mass is 10.1. The number of nitrogens with zero attached hydrogens (tertiary/aromatic N) is 1. The average molecular weight is 280 g/mol. The van der Waals surface area contributed by atoms with Crippen LogP contribution in [0.25, 0.3) is 0 Å². The monoisotopic (exact) mass is 280 g/mol. The Morgan fingerprint density at radius 1 is 1.19 bits per heavy atom. The summed E-state index contributed by atoms with van der Waals surface area (Å²) in [5.41, 5.74) is 3.35. The third-order valence-corrected chi connectivity index (χ3v) is 3.09. The average Bonchev–Trinajstić information content (AvgIpc) is 2.46. The van der Waals surface area contributed by atoms with E-state index in [2.05, 4.69) is 11.4 Å². The summed E-state index contributed by atoms with van der Waals surface area (Å²) < 4.78 is 5.21. The number of carbonyl (C=O) groups excluding carboxylic acids is 1. The first kappa shape index (κ1) is 14.6. The van der Waals surface area contributed by atoms with Gasteiger partial charge in [0.1, 0.15) is 17.5 Å². The topological polar surface area (TPSA) is 62.1 Å². The van der Waals surface area contributed by atoms with Gasteiger partial charge in [-0.15, -0.1) is 0 Å². The lowest BCUT2D eigenvalue weighted by Crippen LogP contribution is -2.14. The molecule has 0 aliphatic rings. The largest absolute Gasteiger partial charge is 0.495 e. The Labute approximate surface area is 124 Å². The van der Waals surface area contributed by atoms with Gasteiger partial charge in [-0.1, -0.05) is 23.3 Å². The van der Waals surface area contributed by atoms with E-state index in [1.807, 2.05) is 32.0 Å². The molecule has 4 heteroatoms. The number of anilines is 1. The minimum absolute atomic E-state index is 0.261. The first-order chi connectivity index (χ1) is 10.0. The molecule has 1 amide bonds. The molecule has 21 heavy (non-hydrogen) atoms. The van der Waals surface area contributed by atoms with Crippen LogP contribution in [-0.4, -0.2) is 13.0 Å². The number of hydrogen-bond donors (Lipinski definition) is 1. The number of hydrogen-bond acceptors (Lipinski definition) is 3. The van der Waals surface area contributed by atoms with E-state index in [0.29, 0.717) is 22.6 Å². The summed E-state index contributed by atoms with van der Waals surface area (Å²) in [6, 6.07) is 12.7. The molecule has 0 aliphatic heterocycles. The second-order valence-corrected chi connectivity index (χ2v) is 4.83. The fraction of sp³-hybridized carbons (Fsp3) is 0.176. The van der Waals surface area contributed by atoms with Gasteiger partial charge in [-0.25, -0.2) is 0 Å². The molecule has 4 nitrogen and oxygen atoms in total. The molecule has 1 N–H and O–H groups in total. The van der Waals surface area contributed by atoms with Crippen LogP contribution in [0, 0.1) is 25.2 Å². The van der Waals surface area contributed by atoms with Crippen LogP contribution in [0.2, 0.25) is 0 Å². The molecule has 106 valence electrons. The summed E-state index contributed by atoms with van der Waals surface area (Å²) in [5.74, 6) is 0.203. The van der Waals surface area contributed by atoms with Gasteiger partial charge in [-0.3, -0.25) is 4.79 Å². The number of rotatable bonds is 3. The molecule has 2 rings (SSSR count). The van der Waals surface area contributed by atoms with Gasteiger partial charge in [0.15, 0.2) is 0 Å². The van der Waals surface area contributed by atoms with Crippen LogP contribution in [0.1, 0.15) is 27.0 Å². The molecule has 0 spiro atoms. The van der Waals surface area contributed by atoms with Crippen molar-refractivity contribution in [3.63, 3.8) is 0 Å². The Morgan fingerprint density at radius 3 is 2.43 bits per heavy atom. The zero-order valence-electron chi connectivity index (χ0n) is 12.2. The molecule has 0 heterocycles. The minimum Gasteiger partial charge on any atom is -0.495 e. The van der Waals surface area contributed by atoms with Crippen molar-refractivity contribution in [2.75, 3.05) is 12.4 Å². The number of aryl methyl sites for hydroxylation is 2. The van der Waals surface area contributed by atoms with Crippen LogP contribution < -0.4 is 10.1 Å². The molecule has 0 saturated heterocycles. The Bertz CT molecular complexity index is 710. The van der Waals surface area contributed by atoms with E-state index >= 15 is 0 Å². The first-order valence-corrected chi connectivity index (χ1v) is 6.52. The standard InChI is InChI=1S/C17H16N2O2/c1-11-7-12(2)9-14(8-11)17(20)19-16-13(10-18)5-4-6-15(16)21-3/h4-9H,1-3H3,(H,19,20). The molecular formula is C17H16N2O2. The van der Waals surface area contributed by atoms with Crippen molar-refractivity contribution in [1.29, 1.82) is 5.26 Å². The summed E-state index contributed by atoms with van der Waals surface area (Å²) >= 11 is 0. The second-order valence-electron chi connectivity index (χ2n) is 4.83. The van der Waals surface area contributed by atoms with Gasteiger partial charge in [0, 0.05) is 5.56 Å². The van der Waals surface area contributed by atoms with Crippen molar-refractivity contribution >= 4 is 11.6 Å². The van der Waals surface area contributed by atoms with Gasteiger partial charge in [0.2, 0.25) is 0 Å². The summed E-state index contributed by atoms with van der Waals surface area (Å²) in [6.07, 6.45) is 0. The molecule has 0 aliphatic carbocycles. The van der Waals surface area contributed by atoms with E-state index in [1.54, 1.807) is 18.2 Å². The Morgan fingerprint density at radius 2 is 1.86 bits per heavy atom. The van der Waals surface area contributed by atoms with Crippen molar-refractivity contribution in [3.05, 3.63) is 58.7 Å². The lowest BCUT2D eigenvalue weighted by Gasteiger charge is -2.12. The highest BCUT2D eigenvalue weighted by molar-refractivity contribution is 6.06. The van der Waals surface area contributed by atoms with Crippen LogP contribution >= 0.6 is 0 Å². The number of methoxy groups -OCH3 is 1. The first-order valence-electron chi connectivity index (χ1n) is 6.52. The number of nitriles is 1. The normalized spacial score (nSPS) is 9.81. The van der Waals surface area contributed by atoms with Gasteiger partial charge in [-0.2, -0.15) is 5.26 Å². The summed E-state index contributed by atoms with van der Waals surface area (Å²) in [6.45, 7) is 3.88. The molecule has 2 aromatic rings. The van der Waals surface area contributed by atoms with Crippen LogP contribution in [0.3, 0.4) is 0 Å². The van der Waals surface area contributed by atoms with E-state index in [4.69, 9.17) is 10.00 Å². The Kier molecular flexibility index (Phi) is 4.24. The molecule has 0 radical (unpaired) electrons. The number of nitrogens with one attached hydrogen (secondary N) is 1. The highest BCUT2D eigenvalue weighted by Gasteiger charge is 2.14. The predicted octanol–water partition coefficient (Wildman–Crippen LogP) is 3.44. The highest BCUT2D eigenvalue weighted by atomic mass is 16.5. The van der Waals surface area contributed by atoms with Crippen LogP contribution in [0.4, 0.5) is 5.69 Å². The maximum Gasteiger partial charge on any atom is 0.255 e. The number of amides is 1. The van der Waals surface area contributed by atoms with Crippen molar-refractivity contribution in [1.82, 2.24) is 0 Å². The fourth-order valence-electron chi connectivity index (χ4n) is 2.21. The smallest absolute Gasteiger partial charge is 0.255 e. The second kappa shape index (κ2) is 6.10. The molecule has 0 unspecified atom stereocenters. The molecule has 0 bridgehead atoms. The third kappa shape index (κ3) is 3.21. The zero-order valence-corrected chi connectivity index (χ0v) is 12.2. The van der Waals surface area contributed by atoms with E-state index in [0.717, 1.165) is 11.1 Å². The maximum absolute atomic E-state index is 12.4. The van der Waals surface area contributed by atoms with Gasteiger partial charge >= 0.3 is 0 Å². The number of para-hydroxylation sites is 1. The number of benzene rings is 2. The maximum atomic E-state index is 12.4. The molecule has 0 atom stereocenters. The molecule has 0 saturated carbocycles. The van der Waals surface area contributed by atoms with E-state index in [9.17, 15) is 4.79 Å². The van der Waals surface area contributed by atoms with Crippen LogP contribution in [-0.2, 0) is 0 Å². The van der Waals surface area contributed by atoms with Crippen molar-refractivity contribution in [3.8, 4) is 11.8 Å². The van der Waals surface area contributed by atoms with E-state index in [-0.39, 0.29) is 5.91 Å². The third-order valence-electron chi connectivity index (χ3n) is 3.09. The minimum atomic E-state index is -0.261. The fourth-order valence-corrected chi connectivity index (χ4v) is 2.21. The van der Waals surface area contributed by atoms with Gasteiger partial charge in [0.05, 0.1) is 12.7 Å². The molecule has 2 aromatic carbocycles. The van der Waals surface area contributed by atoms with Crippen molar-refractivity contribution < 1.29 is 9.53 Å². The molecule has 0 aromatic heterocycles. The number of ether oxygens (including phenoxy) is 1. The summed E-state index contributed by atoms with van der Waals surface area (Å²) in [5, 5.41) is 11.9. The predicted molar refractivity (Wildman–Crippen MR) is 81.6 cm³/mol. The summed E-state index contributed by atoms with van der Waals surface area (Å²) in [4.78, 5) is 12.4. The Hall–Kier alpha value is -2.80. The van der Waals surface area contributed by atoms with Gasteiger partial charge in [0.25, 0.3) is 5.91 Å². The van der Waals surface area contributed by atoms with E-state index < -0.39 is 0 Å². The van der Waals surface area contributed by atoms with Crippen LogP contribution in [0.5, 0.6) is 5.75 Å².